The summed E-state index contributed by atoms with van der Waals surface area (Å²) in [6.07, 6.45) is 0. The van der Waals surface area contributed by atoms with E-state index < -0.39 is 23.4 Å². The molecule has 2 amide bonds. The van der Waals surface area contributed by atoms with Gasteiger partial charge in [0.05, 0.1) is 17.9 Å². The van der Waals surface area contributed by atoms with Gasteiger partial charge in [-0.3, -0.25) is 9.59 Å². The Kier molecular flexibility index (Phi) is 5.05. The van der Waals surface area contributed by atoms with E-state index in [-0.39, 0.29) is 6.61 Å². The smallest absolute Gasteiger partial charge is 0.338 e. The lowest BCUT2D eigenvalue weighted by Crippen LogP contribution is -2.56. The van der Waals surface area contributed by atoms with Gasteiger partial charge in [-0.05, 0) is 56.3 Å². The molecule has 2 N–H and O–H groups in total. The van der Waals surface area contributed by atoms with E-state index in [9.17, 15) is 14.4 Å². The summed E-state index contributed by atoms with van der Waals surface area (Å²) in [5.74, 6) is -1.37. The van der Waals surface area contributed by atoms with E-state index in [0.29, 0.717) is 27.7 Å². The number of anilines is 2. The molecule has 1 unspecified atom stereocenters. The molecule has 3 rings (SSSR count). The zero-order chi connectivity index (χ0) is 19.6. The molecule has 2 aromatic carbocycles. The van der Waals surface area contributed by atoms with Gasteiger partial charge in [0.25, 0.3) is 17.4 Å². The van der Waals surface area contributed by atoms with Crippen LogP contribution >= 0.6 is 11.6 Å². The Bertz CT molecular complexity index is 913. The van der Waals surface area contributed by atoms with Gasteiger partial charge in [0.15, 0.2) is 0 Å². The fourth-order valence-electron chi connectivity index (χ4n) is 2.50. The van der Waals surface area contributed by atoms with Crippen molar-refractivity contribution in [1.29, 1.82) is 0 Å². The second-order valence-corrected chi connectivity index (χ2v) is 6.42. The van der Waals surface area contributed by atoms with Gasteiger partial charge < -0.3 is 20.1 Å². The first-order chi connectivity index (χ1) is 12.8. The van der Waals surface area contributed by atoms with Crippen LogP contribution in [0.3, 0.4) is 0 Å². The van der Waals surface area contributed by atoms with Gasteiger partial charge in [0.1, 0.15) is 5.75 Å². The van der Waals surface area contributed by atoms with Crippen LogP contribution in [0.2, 0.25) is 5.02 Å². The number of halogens is 1. The molecule has 1 aliphatic rings. The van der Waals surface area contributed by atoms with Crippen molar-refractivity contribution < 1.29 is 23.9 Å². The minimum atomic E-state index is -1.76. The first-order valence-electron chi connectivity index (χ1n) is 8.22. The van der Waals surface area contributed by atoms with Crippen LogP contribution in [0, 0.1) is 0 Å². The SMILES string of the molecule is CCOC(=O)c1ccc(NC(=O)C2(C)Oc3ccc(Cl)cc3NC2=O)cc1. The Hall–Kier alpha value is -3.06. The van der Waals surface area contributed by atoms with E-state index >= 15 is 0 Å². The normalized spacial score (nSPS) is 18.0. The van der Waals surface area contributed by atoms with Gasteiger partial charge in [0, 0.05) is 10.7 Å². The number of carbonyl (C=O) groups excluding carboxylic acids is 3. The van der Waals surface area contributed by atoms with Crippen LogP contribution in [0.4, 0.5) is 11.4 Å². The van der Waals surface area contributed by atoms with Gasteiger partial charge in [0.2, 0.25) is 0 Å². The van der Waals surface area contributed by atoms with Gasteiger partial charge in [-0.25, -0.2) is 4.79 Å². The van der Waals surface area contributed by atoms with Crippen LogP contribution < -0.4 is 15.4 Å². The quantitative estimate of drug-likeness (QED) is 0.619. The highest BCUT2D eigenvalue weighted by molar-refractivity contribution is 6.31. The topological polar surface area (TPSA) is 93.7 Å². The van der Waals surface area contributed by atoms with Crippen LogP contribution in [-0.2, 0) is 14.3 Å². The molecule has 7 nitrogen and oxygen atoms in total. The Morgan fingerprint density at radius 2 is 1.93 bits per heavy atom. The summed E-state index contributed by atoms with van der Waals surface area (Å²) >= 11 is 5.90. The Labute approximate surface area is 160 Å². The third-order valence-electron chi connectivity index (χ3n) is 4.02. The summed E-state index contributed by atoms with van der Waals surface area (Å²) in [6, 6.07) is 10.9. The highest BCUT2D eigenvalue weighted by Crippen LogP contribution is 2.36. The van der Waals surface area contributed by atoms with Crippen molar-refractivity contribution in [2.45, 2.75) is 19.4 Å². The predicted molar refractivity (Wildman–Crippen MR) is 100 cm³/mol. The third-order valence-corrected chi connectivity index (χ3v) is 4.26. The number of ether oxygens (including phenoxy) is 2. The number of benzene rings is 2. The van der Waals surface area contributed by atoms with Crippen LogP contribution in [0.5, 0.6) is 5.75 Å². The van der Waals surface area contributed by atoms with E-state index in [1.54, 1.807) is 37.3 Å². The molecule has 27 heavy (non-hydrogen) atoms. The van der Waals surface area contributed by atoms with Crippen molar-refractivity contribution in [3.63, 3.8) is 0 Å². The van der Waals surface area contributed by atoms with Crippen LogP contribution in [0.25, 0.3) is 0 Å². The fraction of sp³-hybridized carbons (Fsp3) is 0.211. The number of carbonyl (C=O) groups is 3. The summed E-state index contributed by atoms with van der Waals surface area (Å²) in [5, 5.41) is 5.68. The second kappa shape index (κ2) is 7.28. The molecule has 0 radical (unpaired) electrons. The zero-order valence-electron chi connectivity index (χ0n) is 14.7. The lowest BCUT2D eigenvalue weighted by molar-refractivity contribution is -0.143. The van der Waals surface area contributed by atoms with Crippen molar-refractivity contribution >= 4 is 40.8 Å². The second-order valence-electron chi connectivity index (χ2n) is 5.98. The molecule has 1 aliphatic heterocycles. The summed E-state index contributed by atoms with van der Waals surface area (Å²) < 4.78 is 10.6. The first-order valence-corrected chi connectivity index (χ1v) is 8.60. The molecule has 0 saturated carbocycles. The van der Waals surface area contributed by atoms with Gasteiger partial charge in [-0.2, -0.15) is 0 Å². The summed E-state index contributed by atoms with van der Waals surface area (Å²) in [7, 11) is 0. The third kappa shape index (κ3) is 3.73. The van der Waals surface area contributed by atoms with Crippen LogP contribution in [0.15, 0.2) is 42.5 Å². The lowest BCUT2D eigenvalue weighted by Gasteiger charge is -2.33. The highest BCUT2D eigenvalue weighted by atomic mass is 35.5. The lowest BCUT2D eigenvalue weighted by atomic mass is 10.0. The average molecular weight is 389 g/mol. The molecular weight excluding hydrogens is 372 g/mol. The summed E-state index contributed by atoms with van der Waals surface area (Å²) in [4.78, 5) is 36.8. The fourth-order valence-corrected chi connectivity index (χ4v) is 2.67. The maximum atomic E-state index is 12.7. The van der Waals surface area contributed by atoms with Crippen LogP contribution in [-0.4, -0.2) is 30.0 Å². The van der Waals surface area contributed by atoms with E-state index in [1.807, 2.05) is 0 Å². The molecule has 1 heterocycles. The number of hydrogen-bond acceptors (Lipinski definition) is 5. The molecule has 140 valence electrons. The van der Waals surface area contributed by atoms with Crippen molar-refractivity contribution in [2.24, 2.45) is 0 Å². The molecule has 0 bridgehead atoms. The van der Waals surface area contributed by atoms with Gasteiger partial charge in [-0.15, -0.1) is 0 Å². The maximum Gasteiger partial charge on any atom is 0.338 e. The van der Waals surface area contributed by atoms with Crippen molar-refractivity contribution in [2.75, 3.05) is 17.2 Å². The number of hydrogen-bond donors (Lipinski definition) is 2. The molecule has 1 atom stereocenters. The summed E-state index contributed by atoms with van der Waals surface area (Å²) in [6.45, 7) is 3.37. The average Bonchev–Trinajstić information content (AvgIpc) is 2.64. The van der Waals surface area contributed by atoms with Gasteiger partial charge >= 0.3 is 5.97 Å². The number of amides is 2. The Morgan fingerprint density at radius 3 is 2.59 bits per heavy atom. The standard InChI is InChI=1S/C19H17ClN2O5/c1-3-26-16(23)11-4-7-13(8-5-11)21-17(24)19(2)18(25)22-14-10-12(20)6-9-15(14)27-19/h4-10H,3H2,1-2H3,(H,21,24)(H,22,25). The Morgan fingerprint density at radius 1 is 1.22 bits per heavy atom. The van der Waals surface area contributed by atoms with E-state index in [2.05, 4.69) is 10.6 Å². The zero-order valence-corrected chi connectivity index (χ0v) is 15.4. The minimum Gasteiger partial charge on any atom is -0.466 e. The Balaban J connectivity index is 1.76. The molecule has 8 heteroatoms. The molecule has 0 aliphatic carbocycles. The van der Waals surface area contributed by atoms with E-state index in [4.69, 9.17) is 21.1 Å². The summed E-state index contributed by atoms with van der Waals surface area (Å²) in [5.41, 5.74) is -0.594. The number of fused-ring (bicyclic) bond motifs is 1. The molecule has 0 fully saturated rings. The molecule has 0 saturated heterocycles. The first kappa shape index (κ1) is 18.7. The largest absolute Gasteiger partial charge is 0.466 e. The monoisotopic (exact) mass is 388 g/mol. The van der Waals surface area contributed by atoms with E-state index in [0.717, 1.165) is 0 Å². The number of nitrogens with one attached hydrogen (secondary N) is 2. The minimum absolute atomic E-state index is 0.273. The van der Waals surface area contributed by atoms with Crippen molar-refractivity contribution in [3.8, 4) is 5.75 Å². The number of rotatable bonds is 4. The molecule has 0 spiro atoms. The van der Waals surface area contributed by atoms with Gasteiger partial charge in [-0.1, -0.05) is 11.6 Å². The van der Waals surface area contributed by atoms with E-state index in [1.165, 1.54) is 19.1 Å². The van der Waals surface area contributed by atoms with Crippen molar-refractivity contribution in [1.82, 2.24) is 0 Å². The molecule has 2 aromatic rings. The molecule has 0 aromatic heterocycles. The predicted octanol–water partition coefficient (Wildman–Crippen LogP) is 3.25. The maximum absolute atomic E-state index is 12.7. The molecular formula is C19H17ClN2O5. The highest BCUT2D eigenvalue weighted by Gasteiger charge is 2.47. The van der Waals surface area contributed by atoms with Crippen molar-refractivity contribution in [3.05, 3.63) is 53.1 Å². The van der Waals surface area contributed by atoms with Crippen LogP contribution in [0.1, 0.15) is 24.2 Å². The number of esters is 1.